The Balaban J connectivity index is 1.54. The highest BCUT2D eigenvalue weighted by Crippen LogP contribution is 2.22. The maximum Gasteiger partial charge on any atom is 0.276 e. The zero-order valence-corrected chi connectivity index (χ0v) is 22.4. The molecule has 0 saturated heterocycles. The molecular formula is C23H26Br2N4O6. The molecule has 0 spiro atoms. The lowest BCUT2D eigenvalue weighted by atomic mass is 10.2. The molecule has 0 aromatic heterocycles. The van der Waals surface area contributed by atoms with E-state index in [0.29, 0.717) is 11.5 Å². The molecule has 0 saturated carbocycles. The van der Waals surface area contributed by atoms with E-state index in [0.717, 1.165) is 20.1 Å². The molecule has 4 amide bonds. The fraction of sp³-hybridized carbons (Fsp3) is 0.304. The third-order valence-corrected chi connectivity index (χ3v) is 6.27. The number of benzene rings is 2. The van der Waals surface area contributed by atoms with E-state index in [9.17, 15) is 19.2 Å². The summed E-state index contributed by atoms with van der Waals surface area (Å²) in [6.45, 7) is 3.25. The summed E-state index contributed by atoms with van der Waals surface area (Å²) in [4.78, 5) is 47.3. The maximum atomic E-state index is 11.8. The summed E-state index contributed by atoms with van der Waals surface area (Å²) in [6.07, 6.45) is 0.216. The predicted molar refractivity (Wildman–Crippen MR) is 135 cm³/mol. The molecular weight excluding hydrogens is 588 g/mol. The minimum absolute atomic E-state index is 0.000436. The standard InChI is InChI=1S/C23H26Br2N4O6/c1-14-10-16(6-8-18(14)24)34-12-22(32)28-26-20(30)4-3-5-21(31)27-29-23(33)13-35-17-7-9-19(25)15(2)11-17/h6-11H,3-5,12-13H2,1-2H3,(H,26,30)(H,27,31)(H,28,32)(H,29,33). The van der Waals surface area contributed by atoms with Gasteiger partial charge in [-0.3, -0.25) is 40.9 Å². The van der Waals surface area contributed by atoms with Gasteiger partial charge in [0.1, 0.15) is 11.5 Å². The van der Waals surface area contributed by atoms with Crippen molar-refractivity contribution in [2.45, 2.75) is 33.1 Å². The number of ether oxygens (including phenoxy) is 2. The van der Waals surface area contributed by atoms with Crippen molar-refractivity contribution in [2.24, 2.45) is 0 Å². The van der Waals surface area contributed by atoms with Crippen molar-refractivity contribution < 1.29 is 28.7 Å². The van der Waals surface area contributed by atoms with Crippen LogP contribution in [0.3, 0.4) is 0 Å². The van der Waals surface area contributed by atoms with Crippen molar-refractivity contribution >= 4 is 55.5 Å². The average Bonchev–Trinajstić information content (AvgIpc) is 2.82. The highest BCUT2D eigenvalue weighted by atomic mass is 79.9. The number of nitrogens with one attached hydrogen (secondary N) is 4. The van der Waals surface area contributed by atoms with Gasteiger partial charge in [-0.2, -0.15) is 0 Å². The van der Waals surface area contributed by atoms with E-state index >= 15 is 0 Å². The molecule has 0 bridgehead atoms. The SMILES string of the molecule is Cc1cc(OCC(=O)NNC(=O)CCCC(=O)NNC(=O)COc2ccc(Br)c(C)c2)ccc1Br. The van der Waals surface area contributed by atoms with Gasteiger partial charge in [0.15, 0.2) is 13.2 Å². The third kappa shape index (κ3) is 10.8. The lowest BCUT2D eigenvalue weighted by Gasteiger charge is -2.10. The second-order valence-electron chi connectivity index (χ2n) is 7.45. The van der Waals surface area contributed by atoms with Crippen molar-refractivity contribution in [3.05, 3.63) is 56.5 Å². The number of carbonyl (C=O) groups is 4. The van der Waals surface area contributed by atoms with E-state index in [1.54, 1.807) is 24.3 Å². The Hall–Kier alpha value is -3.12. The molecule has 4 N–H and O–H groups in total. The highest BCUT2D eigenvalue weighted by Gasteiger charge is 2.10. The molecule has 0 radical (unpaired) electrons. The van der Waals surface area contributed by atoms with E-state index in [1.807, 2.05) is 26.0 Å². The molecule has 188 valence electrons. The normalized spacial score (nSPS) is 10.2. The van der Waals surface area contributed by atoms with Crippen LogP contribution in [0.5, 0.6) is 11.5 Å². The molecule has 0 fully saturated rings. The number of amides is 4. The quantitative estimate of drug-likeness (QED) is 0.304. The lowest BCUT2D eigenvalue weighted by Crippen LogP contribution is -2.44. The summed E-state index contributed by atoms with van der Waals surface area (Å²) in [5, 5.41) is 0. The van der Waals surface area contributed by atoms with Crippen LogP contribution in [0.2, 0.25) is 0 Å². The molecule has 0 aliphatic carbocycles. The molecule has 0 unspecified atom stereocenters. The molecule has 0 aliphatic rings. The fourth-order valence-electron chi connectivity index (χ4n) is 2.60. The predicted octanol–water partition coefficient (Wildman–Crippen LogP) is 2.75. The Bertz CT molecular complexity index is 996. The summed E-state index contributed by atoms with van der Waals surface area (Å²) in [7, 11) is 0. The fourth-order valence-corrected chi connectivity index (χ4v) is 3.09. The number of rotatable bonds is 10. The van der Waals surface area contributed by atoms with Crippen molar-refractivity contribution in [3.8, 4) is 11.5 Å². The number of halogens is 2. The first-order valence-electron chi connectivity index (χ1n) is 10.6. The van der Waals surface area contributed by atoms with Gasteiger partial charge in [-0.1, -0.05) is 31.9 Å². The van der Waals surface area contributed by atoms with Gasteiger partial charge in [0.05, 0.1) is 0 Å². The molecule has 2 rings (SSSR count). The Kier molecular flexibility index (Phi) is 11.5. The summed E-state index contributed by atoms with van der Waals surface area (Å²) in [5.41, 5.74) is 10.9. The van der Waals surface area contributed by atoms with E-state index in [1.165, 1.54) is 0 Å². The first-order chi connectivity index (χ1) is 16.6. The second-order valence-corrected chi connectivity index (χ2v) is 9.15. The Morgan fingerprint density at radius 1 is 0.657 bits per heavy atom. The maximum absolute atomic E-state index is 11.8. The van der Waals surface area contributed by atoms with E-state index in [-0.39, 0.29) is 32.5 Å². The topological polar surface area (TPSA) is 135 Å². The van der Waals surface area contributed by atoms with Crippen LogP contribution < -0.4 is 31.2 Å². The molecule has 10 nitrogen and oxygen atoms in total. The Morgan fingerprint density at radius 2 is 1.03 bits per heavy atom. The Morgan fingerprint density at radius 3 is 1.40 bits per heavy atom. The largest absolute Gasteiger partial charge is 0.484 e. The number of aryl methyl sites for hydroxylation is 2. The van der Waals surface area contributed by atoms with Crippen LogP contribution >= 0.6 is 31.9 Å². The van der Waals surface area contributed by atoms with Crippen LogP contribution in [0.4, 0.5) is 0 Å². The van der Waals surface area contributed by atoms with E-state index < -0.39 is 23.6 Å². The van der Waals surface area contributed by atoms with Crippen LogP contribution in [0, 0.1) is 13.8 Å². The number of hydrogen-bond donors (Lipinski definition) is 4. The van der Waals surface area contributed by atoms with Crippen LogP contribution in [0.25, 0.3) is 0 Å². The zero-order valence-electron chi connectivity index (χ0n) is 19.2. The van der Waals surface area contributed by atoms with Crippen molar-refractivity contribution in [1.29, 1.82) is 0 Å². The van der Waals surface area contributed by atoms with Gasteiger partial charge in [0.2, 0.25) is 11.8 Å². The summed E-state index contributed by atoms with van der Waals surface area (Å²) >= 11 is 6.76. The monoisotopic (exact) mass is 612 g/mol. The molecule has 0 atom stereocenters. The number of carbonyl (C=O) groups excluding carboxylic acids is 4. The lowest BCUT2D eigenvalue weighted by molar-refractivity contribution is -0.131. The van der Waals surface area contributed by atoms with Gasteiger partial charge < -0.3 is 9.47 Å². The molecule has 2 aromatic rings. The molecule has 12 heteroatoms. The first kappa shape index (κ1) is 28.1. The Labute approximate surface area is 219 Å². The van der Waals surface area contributed by atoms with Crippen molar-refractivity contribution in [1.82, 2.24) is 21.7 Å². The molecule has 35 heavy (non-hydrogen) atoms. The van der Waals surface area contributed by atoms with Gasteiger partial charge in [0.25, 0.3) is 11.8 Å². The van der Waals surface area contributed by atoms with Gasteiger partial charge in [-0.15, -0.1) is 0 Å². The smallest absolute Gasteiger partial charge is 0.276 e. The van der Waals surface area contributed by atoms with Gasteiger partial charge in [-0.05, 0) is 67.8 Å². The average molecular weight is 614 g/mol. The van der Waals surface area contributed by atoms with Gasteiger partial charge in [0, 0.05) is 21.8 Å². The molecule has 2 aromatic carbocycles. The molecule has 0 heterocycles. The van der Waals surface area contributed by atoms with Gasteiger partial charge in [-0.25, -0.2) is 0 Å². The third-order valence-electron chi connectivity index (χ3n) is 4.49. The van der Waals surface area contributed by atoms with Crippen molar-refractivity contribution in [3.63, 3.8) is 0 Å². The van der Waals surface area contributed by atoms with Crippen LogP contribution in [-0.4, -0.2) is 36.8 Å². The second kappa shape index (κ2) is 14.3. The van der Waals surface area contributed by atoms with E-state index in [2.05, 4.69) is 53.6 Å². The van der Waals surface area contributed by atoms with Crippen molar-refractivity contribution in [2.75, 3.05) is 13.2 Å². The summed E-state index contributed by atoms with van der Waals surface area (Å²) in [6, 6.07) is 10.6. The van der Waals surface area contributed by atoms with Crippen LogP contribution in [0.1, 0.15) is 30.4 Å². The number of hydrazine groups is 2. The summed E-state index contributed by atoms with van der Waals surface area (Å²) in [5.74, 6) is -0.930. The first-order valence-corrected chi connectivity index (χ1v) is 12.2. The zero-order chi connectivity index (χ0) is 25.8. The number of hydrogen-bond acceptors (Lipinski definition) is 6. The molecule has 0 aliphatic heterocycles. The highest BCUT2D eigenvalue weighted by molar-refractivity contribution is 9.10. The minimum atomic E-state index is -0.528. The van der Waals surface area contributed by atoms with Crippen LogP contribution in [0.15, 0.2) is 45.3 Å². The van der Waals surface area contributed by atoms with E-state index in [4.69, 9.17) is 9.47 Å². The minimum Gasteiger partial charge on any atom is -0.484 e. The van der Waals surface area contributed by atoms with Gasteiger partial charge >= 0.3 is 0 Å². The van der Waals surface area contributed by atoms with Crippen LogP contribution in [-0.2, 0) is 19.2 Å². The summed E-state index contributed by atoms with van der Waals surface area (Å²) < 4.78 is 12.6.